The minimum Gasteiger partial charge on any atom is -0.494 e. The molecule has 100 valence electrons. The summed E-state index contributed by atoms with van der Waals surface area (Å²) in [5.74, 6) is 0.931. The van der Waals surface area contributed by atoms with Crippen molar-refractivity contribution >= 4 is 5.84 Å². The molecule has 0 aliphatic carbocycles. The molecule has 1 aromatic rings. The Balaban J connectivity index is 2.68. The van der Waals surface area contributed by atoms with Gasteiger partial charge in [0.2, 0.25) is 0 Å². The van der Waals surface area contributed by atoms with Crippen LogP contribution in [0, 0.1) is 12.3 Å². The molecule has 1 rings (SSSR count). The zero-order valence-corrected chi connectivity index (χ0v) is 11.5. The van der Waals surface area contributed by atoms with Crippen LogP contribution in [-0.4, -0.2) is 17.6 Å². The van der Waals surface area contributed by atoms with Crippen LogP contribution in [0.3, 0.4) is 0 Å². The fraction of sp³-hybridized carbons (Fsp3) is 0.500. The Bertz CT molecular complexity index is 434. The van der Waals surface area contributed by atoms with Gasteiger partial charge in [0.05, 0.1) is 6.61 Å². The summed E-state index contributed by atoms with van der Waals surface area (Å²) < 4.78 is 5.69. The third-order valence-electron chi connectivity index (χ3n) is 2.70. The number of oxime groups is 1. The lowest BCUT2D eigenvalue weighted by Crippen LogP contribution is -2.15. The monoisotopic (exact) mass is 250 g/mol. The van der Waals surface area contributed by atoms with Gasteiger partial charge in [-0.05, 0) is 42.5 Å². The quantitative estimate of drug-likeness (QED) is 0.373. The van der Waals surface area contributed by atoms with Gasteiger partial charge in [0.25, 0.3) is 0 Å². The topological polar surface area (TPSA) is 67.8 Å². The number of rotatable bonds is 4. The molecule has 0 amide bonds. The van der Waals surface area contributed by atoms with Crippen molar-refractivity contribution in [2.45, 2.75) is 34.1 Å². The van der Waals surface area contributed by atoms with Crippen LogP contribution in [-0.2, 0) is 0 Å². The molecule has 0 radical (unpaired) electrons. The smallest absolute Gasteiger partial charge is 0.170 e. The third kappa shape index (κ3) is 4.28. The summed E-state index contributed by atoms with van der Waals surface area (Å²) in [7, 11) is 0. The van der Waals surface area contributed by atoms with E-state index in [-0.39, 0.29) is 11.3 Å². The van der Waals surface area contributed by atoms with Gasteiger partial charge in [0, 0.05) is 5.56 Å². The molecule has 1 aromatic carbocycles. The van der Waals surface area contributed by atoms with Crippen molar-refractivity contribution in [1.29, 1.82) is 0 Å². The predicted molar refractivity (Wildman–Crippen MR) is 73.3 cm³/mol. The van der Waals surface area contributed by atoms with E-state index in [0.29, 0.717) is 6.61 Å². The molecular weight excluding hydrogens is 228 g/mol. The van der Waals surface area contributed by atoms with E-state index in [0.717, 1.165) is 23.3 Å². The molecule has 0 spiro atoms. The lowest BCUT2D eigenvalue weighted by atomic mass is 9.93. The number of aryl methyl sites for hydroxylation is 1. The summed E-state index contributed by atoms with van der Waals surface area (Å²) in [6, 6.07) is 5.54. The molecule has 0 saturated heterocycles. The highest BCUT2D eigenvalue weighted by Crippen LogP contribution is 2.21. The van der Waals surface area contributed by atoms with E-state index in [1.165, 1.54) is 0 Å². The van der Waals surface area contributed by atoms with Gasteiger partial charge >= 0.3 is 0 Å². The van der Waals surface area contributed by atoms with Crippen LogP contribution in [0.5, 0.6) is 5.75 Å². The largest absolute Gasteiger partial charge is 0.494 e. The van der Waals surface area contributed by atoms with Crippen LogP contribution in [0.4, 0.5) is 0 Å². The summed E-state index contributed by atoms with van der Waals surface area (Å²) in [5.41, 5.74) is 7.48. The van der Waals surface area contributed by atoms with Crippen LogP contribution < -0.4 is 10.5 Å². The Morgan fingerprint density at radius 1 is 1.39 bits per heavy atom. The Morgan fingerprint density at radius 3 is 2.56 bits per heavy atom. The molecular formula is C14H22N2O2. The molecule has 0 bridgehead atoms. The first kappa shape index (κ1) is 14.4. The van der Waals surface area contributed by atoms with Crippen LogP contribution >= 0.6 is 0 Å². The van der Waals surface area contributed by atoms with Gasteiger partial charge in [-0.1, -0.05) is 25.9 Å². The second-order valence-electron chi connectivity index (χ2n) is 5.62. The summed E-state index contributed by atoms with van der Waals surface area (Å²) in [6.45, 7) is 9.14. The molecule has 0 aromatic heterocycles. The van der Waals surface area contributed by atoms with Crippen LogP contribution in [0.1, 0.15) is 38.3 Å². The van der Waals surface area contributed by atoms with Crippen molar-refractivity contribution in [3.63, 3.8) is 0 Å². The summed E-state index contributed by atoms with van der Waals surface area (Å²) in [6.07, 6.45) is 0.994. The van der Waals surface area contributed by atoms with Gasteiger partial charge in [-0.15, -0.1) is 0 Å². The van der Waals surface area contributed by atoms with E-state index >= 15 is 0 Å². The van der Waals surface area contributed by atoms with Gasteiger partial charge in [-0.25, -0.2) is 0 Å². The van der Waals surface area contributed by atoms with Crippen LogP contribution in [0.25, 0.3) is 0 Å². The van der Waals surface area contributed by atoms with Gasteiger partial charge in [-0.2, -0.15) is 0 Å². The number of ether oxygens (including phenoxy) is 1. The standard InChI is InChI=1S/C14H22N2O2/c1-10-9-11(18-8-7-14(2,3)4)5-6-12(10)13(15)16-17/h5-6,9,17H,7-8H2,1-4H3,(H2,15,16). The fourth-order valence-electron chi connectivity index (χ4n) is 1.54. The minimum atomic E-state index is 0.119. The number of amidine groups is 1. The molecule has 3 N–H and O–H groups in total. The number of hydrogen-bond acceptors (Lipinski definition) is 3. The highest BCUT2D eigenvalue weighted by molar-refractivity contribution is 5.98. The minimum absolute atomic E-state index is 0.119. The number of hydrogen-bond donors (Lipinski definition) is 2. The molecule has 4 nitrogen and oxygen atoms in total. The Hall–Kier alpha value is -1.71. The maximum atomic E-state index is 8.64. The molecule has 0 saturated carbocycles. The highest BCUT2D eigenvalue weighted by atomic mass is 16.5. The first-order valence-corrected chi connectivity index (χ1v) is 6.05. The second-order valence-corrected chi connectivity index (χ2v) is 5.62. The van der Waals surface area contributed by atoms with Crippen molar-refractivity contribution in [3.8, 4) is 5.75 Å². The Morgan fingerprint density at radius 2 is 2.06 bits per heavy atom. The van der Waals surface area contributed by atoms with Crippen LogP contribution in [0.2, 0.25) is 0 Å². The van der Waals surface area contributed by atoms with Crippen LogP contribution in [0.15, 0.2) is 23.4 Å². The van der Waals surface area contributed by atoms with E-state index in [2.05, 4.69) is 25.9 Å². The van der Waals surface area contributed by atoms with E-state index in [9.17, 15) is 0 Å². The number of nitrogens with zero attached hydrogens (tertiary/aromatic N) is 1. The van der Waals surface area contributed by atoms with Crippen molar-refractivity contribution in [1.82, 2.24) is 0 Å². The lowest BCUT2D eigenvalue weighted by Gasteiger charge is -2.18. The number of nitrogens with two attached hydrogens (primary N) is 1. The van der Waals surface area contributed by atoms with Crippen molar-refractivity contribution < 1.29 is 9.94 Å². The van der Waals surface area contributed by atoms with Gasteiger partial charge < -0.3 is 15.7 Å². The van der Waals surface area contributed by atoms with Crippen molar-refractivity contribution in [2.24, 2.45) is 16.3 Å². The molecule has 0 aliphatic rings. The van der Waals surface area contributed by atoms with E-state index < -0.39 is 0 Å². The fourth-order valence-corrected chi connectivity index (χ4v) is 1.54. The maximum absolute atomic E-state index is 8.64. The molecule has 4 heteroatoms. The van der Waals surface area contributed by atoms with Gasteiger partial charge in [0.15, 0.2) is 5.84 Å². The maximum Gasteiger partial charge on any atom is 0.170 e. The van der Waals surface area contributed by atoms with Gasteiger partial charge in [0.1, 0.15) is 5.75 Å². The average molecular weight is 250 g/mol. The number of benzene rings is 1. The SMILES string of the molecule is Cc1cc(OCCC(C)(C)C)ccc1/C(N)=N/O. The molecule has 0 aliphatic heterocycles. The zero-order valence-electron chi connectivity index (χ0n) is 11.5. The third-order valence-corrected chi connectivity index (χ3v) is 2.70. The molecule has 18 heavy (non-hydrogen) atoms. The van der Waals surface area contributed by atoms with Crippen molar-refractivity contribution in [2.75, 3.05) is 6.61 Å². The lowest BCUT2D eigenvalue weighted by molar-refractivity contribution is 0.243. The summed E-state index contributed by atoms with van der Waals surface area (Å²) >= 11 is 0. The second kappa shape index (κ2) is 5.76. The first-order valence-electron chi connectivity index (χ1n) is 6.05. The Kier molecular flexibility index (Phi) is 4.59. The molecule has 0 heterocycles. The molecule has 0 unspecified atom stereocenters. The predicted octanol–water partition coefficient (Wildman–Crippen LogP) is 2.90. The van der Waals surface area contributed by atoms with E-state index in [4.69, 9.17) is 15.7 Å². The Labute approximate surface area is 108 Å². The normalized spacial score (nSPS) is 12.6. The highest BCUT2D eigenvalue weighted by Gasteiger charge is 2.10. The van der Waals surface area contributed by atoms with Gasteiger partial charge in [-0.3, -0.25) is 0 Å². The first-order chi connectivity index (χ1) is 8.33. The average Bonchev–Trinajstić information content (AvgIpc) is 2.26. The summed E-state index contributed by atoms with van der Waals surface area (Å²) in [4.78, 5) is 0. The zero-order chi connectivity index (χ0) is 13.8. The molecule has 0 atom stereocenters. The molecule has 0 fully saturated rings. The van der Waals surface area contributed by atoms with E-state index in [1.54, 1.807) is 6.07 Å². The summed E-state index contributed by atoms with van der Waals surface area (Å²) in [5, 5.41) is 11.6. The van der Waals surface area contributed by atoms with Crippen molar-refractivity contribution in [3.05, 3.63) is 29.3 Å². The van der Waals surface area contributed by atoms with E-state index in [1.807, 2.05) is 19.1 Å².